The summed E-state index contributed by atoms with van der Waals surface area (Å²) in [5.41, 5.74) is 11.2. The predicted octanol–water partition coefficient (Wildman–Crippen LogP) is 2.95. The average Bonchev–Trinajstić information content (AvgIpc) is 2.86. The summed E-state index contributed by atoms with van der Waals surface area (Å²) in [6.07, 6.45) is 5.36. The van der Waals surface area contributed by atoms with Crippen LogP contribution in [0.4, 0.5) is 11.4 Å². The molecule has 0 spiro atoms. The van der Waals surface area contributed by atoms with Gasteiger partial charge in [-0.1, -0.05) is 18.3 Å². The molecule has 0 amide bonds. The van der Waals surface area contributed by atoms with Crippen LogP contribution in [-0.4, -0.2) is 9.97 Å². The molecule has 1 aliphatic rings. The molecular weight excluding hydrogens is 254 g/mol. The number of hydrogen-bond acceptors (Lipinski definition) is 3. The molecule has 0 saturated carbocycles. The smallest absolute Gasteiger partial charge is 0.122 e. The molecule has 19 heavy (non-hydrogen) atoms. The van der Waals surface area contributed by atoms with E-state index in [4.69, 9.17) is 18.0 Å². The molecule has 4 heteroatoms. The predicted molar refractivity (Wildman–Crippen MR) is 81.9 cm³/mol. The number of fused-ring (bicyclic) bond motifs is 1. The number of benzene rings is 1. The molecule has 0 atom stereocenters. The van der Waals surface area contributed by atoms with Gasteiger partial charge in [0.05, 0.1) is 5.69 Å². The lowest BCUT2D eigenvalue weighted by Gasteiger charge is -2.09. The monoisotopic (exact) mass is 269 g/mol. The van der Waals surface area contributed by atoms with E-state index in [1.54, 1.807) is 6.20 Å². The first-order valence-corrected chi connectivity index (χ1v) is 6.78. The summed E-state index contributed by atoms with van der Waals surface area (Å²) in [6.45, 7) is 0. The fraction of sp³-hybridized carbons (Fsp3) is 0.200. The van der Waals surface area contributed by atoms with E-state index < -0.39 is 0 Å². The molecule has 1 aromatic heterocycles. The van der Waals surface area contributed by atoms with Gasteiger partial charge in [-0.25, -0.2) is 0 Å². The Kier molecular flexibility index (Phi) is 3.17. The first-order valence-electron chi connectivity index (χ1n) is 6.37. The van der Waals surface area contributed by atoms with Crippen molar-refractivity contribution in [2.24, 2.45) is 5.73 Å². The van der Waals surface area contributed by atoms with Crippen molar-refractivity contribution >= 4 is 28.6 Å². The number of thiocarbonyl (C=S) groups is 1. The van der Waals surface area contributed by atoms with E-state index in [2.05, 4.69) is 28.5 Å². The number of aryl methyl sites for hydroxylation is 2. The van der Waals surface area contributed by atoms with Crippen LogP contribution in [0.2, 0.25) is 0 Å². The van der Waals surface area contributed by atoms with Gasteiger partial charge in [-0.3, -0.25) is 4.98 Å². The van der Waals surface area contributed by atoms with Crippen molar-refractivity contribution in [3.05, 3.63) is 53.3 Å². The first-order chi connectivity index (χ1) is 9.22. The molecule has 2 aromatic rings. The van der Waals surface area contributed by atoms with Gasteiger partial charge in [0, 0.05) is 17.6 Å². The highest BCUT2D eigenvalue weighted by Crippen LogP contribution is 2.26. The third kappa shape index (κ3) is 2.58. The Morgan fingerprint density at radius 2 is 1.89 bits per heavy atom. The number of nitrogens with zero attached hydrogens (tertiary/aromatic N) is 1. The van der Waals surface area contributed by atoms with Crippen LogP contribution < -0.4 is 11.1 Å². The number of nitrogens with two attached hydrogens (primary N) is 1. The minimum atomic E-state index is 0.317. The third-order valence-corrected chi connectivity index (χ3v) is 3.61. The Balaban J connectivity index is 1.85. The van der Waals surface area contributed by atoms with Gasteiger partial charge in [-0.15, -0.1) is 0 Å². The summed E-state index contributed by atoms with van der Waals surface area (Å²) in [5, 5.41) is 3.37. The normalized spacial score (nSPS) is 13.1. The minimum Gasteiger partial charge on any atom is -0.388 e. The number of rotatable bonds is 3. The highest BCUT2D eigenvalue weighted by atomic mass is 32.1. The van der Waals surface area contributed by atoms with Gasteiger partial charge in [-0.05, 0) is 54.7 Å². The van der Waals surface area contributed by atoms with Gasteiger partial charge in [0.25, 0.3) is 0 Å². The lowest BCUT2D eigenvalue weighted by atomic mass is 10.1. The maximum Gasteiger partial charge on any atom is 0.122 e. The number of anilines is 2. The van der Waals surface area contributed by atoms with Crippen molar-refractivity contribution in [1.29, 1.82) is 0 Å². The summed E-state index contributed by atoms with van der Waals surface area (Å²) >= 11 is 4.94. The molecule has 96 valence electrons. The Labute approximate surface area is 117 Å². The van der Waals surface area contributed by atoms with E-state index in [-0.39, 0.29) is 0 Å². The van der Waals surface area contributed by atoms with E-state index in [0.29, 0.717) is 10.7 Å². The zero-order chi connectivity index (χ0) is 13.2. The standard InChI is InChI=1S/C15H15N3S/c16-15(19)14-9-13(6-7-17-14)18-12-5-4-10-2-1-3-11(10)8-12/h4-9H,1-3H2,(H2,16,19)(H,17,18). The van der Waals surface area contributed by atoms with E-state index >= 15 is 0 Å². The maximum absolute atomic E-state index is 5.59. The van der Waals surface area contributed by atoms with Crippen molar-refractivity contribution in [2.45, 2.75) is 19.3 Å². The Bertz CT molecular complexity index is 637. The van der Waals surface area contributed by atoms with E-state index in [9.17, 15) is 0 Å². The van der Waals surface area contributed by atoms with Crippen molar-refractivity contribution < 1.29 is 0 Å². The van der Waals surface area contributed by atoms with Gasteiger partial charge >= 0.3 is 0 Å². The van der Waals surface area contributed by atoms with E-state index in [1.165, 1.54) is 30.4 Å². The van der Waals surface area contributed by atoms with Gasteiger partial charge in [0.1, 0.15) is 4.99 Å². The van der Waals surface area contributed by atoms with Crippen LogP contribution in [-0.2, 0) is 12.8 Å². The van der Waals surface area contributed by atoms with Gasteiger partial charge in [-0.2, -0.15) is 0 Å². The minimum absolute atomic E-state index is 0.317. The van der Waals surface area contributed by atoms with Crippen molar-refractivity contribution in [3.8, 4) is 0 Å². The molecule has 0 unspecified atom stereocenters. The first kappa shape index (κ1) is 12.1. The maximum atomic E-state index is 5.59. The molecule has 1 aromatic carbocycles. The lowest BCUT2D eigenvalue weighted by Crippen LogP contribution is -2.11. The van der Waals surface area contributed by atoms with E-state index in [0.717, 1.165) is 11.4 Å². The molecule has 1 heterocycles. The lowest BCUT2D eigenvalue weighted by molar-refractivity contribution is 0.912. The largest absolute Gasteiger partial charge is 0.388 e. The Morgan fingerprint density at radius 3 is 2.74 bits per heavy atom. The molecule has 3 rings (SSSR count). The van der Waals surface area contributed by atoms with Gasteiger partial charge < -0.3 is 11.1 Å². The van der Waals surface area contributed by atoms with Crippen LogP contribution in [0, 0.1) is 0 Å². The zero-order valence-corrected chi connectivity index (χ0v) is 11.3. The second-order valence-corrected chi connectivity index (χ2v) is 5.20. The number of pyridine rings is 1. The van der Waals surface area contributed by atoms with Crippen LogP contribution in [0.5, 0.6) is 0 Å². The molecule has 0 radical (unpaired) electrons. The van der Waals surface area contributed by atoms with Crippen LogP contribution in [0.3, 0.4) is 0 Å². The molecule has 0 bridgehead atoms. The summed E-state index contributed by atoms with van der Waals surface area (Å²) in [4.78, 5) is 4.45. The van der Waals surface area contributed by atoms with Gasteiger partial charge in [0.2, 0.25) is 0 Å². The zero-order valence-electron chi connectivity index (χ0n) is 10.5. The SMILES string of the molecule is NC(=S)c1cc(Nc2ccc3c(c2)CCC3)ccn1. The molecule has 0 aliphatic heterocycles. The average molecular weight is 269 g/mol. The molecule has 0 saturated heterocycles. The van der Waals surface area contributed by atoms with Crippen LogP contribution in [0.25, 0.3) is 0 Å². The summed E-state index contributed by atoms with van der Waals surface area (Å²) in [6, 6.07) is 10.3. The second kappa shape index (κ2) is 4.97. The molecule has 0 fully saturated rings. The Morgan fingerprint density at radius 1 is 1.11 bits per heavy atom. The topological polar surface area (TPSA) is 50.9 Å². The highest BCUT2D eigenvalue weighted by molar-refractivity contribution is 7.80. The number of hydrogen-bond donors (Lipinski definition) is 2. The number of aromatic nitrogens is 1. The van der Waals surface area contributed by atoms with Crippen molar-refractivity contribution in [3.63, 3.8) is 0 Å². The fourth-order valence-electron chi connectivity index (χ4n) is 2.46. The Hall–Kier alpha value is -1.94. The second-order valence-electron chi connectivity index (χ2n) is 4.76. The number of nitrogens with one attached hydrogen (secondary N) is 1. The molecule has 3 nitrogen and oxygen atoms in total. The van der Waals surface area contributed by atoms with Crippen LogP contribution in [0.1, 0.15) is 23.2 Å². The van der Waals surface area contributed by atoms with Crippen LogP contribution in [0.15, 0.2) is 36.5 Å². The molecule has 1 aliphatic carbocycles. The van der Waals surface area contributed by atoms with Crippen molar-refractivity contribution in [2.75, 3.05) is 5.32 Å². The fourth-order valence-corrected chi connectivity index (χ4v) is 2.57. The molecule has 3 N–H and O–H groups in total. The van der Waals surface area contributed by atoms with E-state index in [1.807, 2.05) is 12.1 Å². The summed E-state index contributed by atoms with van der Waals surface area (Å²) in [5.74, 6) is 0. The van der Waals surface area contributed by atoms with Crippen molar-refractivity contribution in [1.82, 2.24) is 4.98 Å². The highest BCUT2D eigenvalue weighted by Gasteiger charge is 2.10. The third-order valence-electron chi connectivity index (χ3n) is 3.40. The summed E-state index contributed by atoms with van der Waals surface area (Å²) < 4.78 is 0. The van der Waals surface area contributed by atoms with Crippen LogP contribution >= 0.6 is 12.2 Å². The quantitative estimate of drug-likeness (QED) is 0.841. The molecular formula is C15H15N3S. The van der Waals surface area contributed by atoms with Gasteiger partial charge in [0.15, 0.2) is 0 Å². The summed E-state index contributed by atoms with van der Waals surface area (Å²) in [7, 11) is 0.